The molecule has 40 atom stereocenters. The fourth-order valence-electron chi connectivity index (χ4n) is 12.2. The zero-order valence-corrected chi connectivity index (χ0v) is 48.3. The molecule has 532 valence electrons. The molecule has 30 saturated heterocycles. The average molecular weight is 1350 g/mol. The third-order valence-corrected chi connectivity index (χ3v) is 17.4. The zero-order chi connectivity index (χ0) is 67.1. The van der Waals surface area contributed by atoms with Gasteiger partial charge in [0.2, 0.25) is 5.91 Å². The molecular formula is C51H83NO40. The number of amides is 1. The van der Waals surface area contributed by atoms with Gasteiger partial charge in [-0.15, -0.1) is 0 Å². The Morgan fingerprint density at radius 3 is 0.533 bits per heavy atom. The van der Waals surface area contributed by atoms with Gasteiger partial charge in [-0.2, -0.15) is 0 Å². The number of aliphatic hydroxyl groups excluding tert-OH is 23. The molecule has 0 aliphatic carbocycles. The second-order valence-electron chi connectivity index (χ2n) is 23.2. The predicted octanol–water partition coefficient (Wildman–Crippen LogP) is -17.1. The standard InChI is InChI=1S/C51H83NO40/c1-2-19(60)52-3-11-36-20(61)28(69)44(77-11)86-37-12(4-53)79-46(30(71)22(37)63)88-39-14(6-55)81-48(32(73)24(39)65)90-41-16(8-57)83-50(34(75)26(41)67)92-43-18(10-59)84-51(35(76)27(43)68)91-42-17(9-58)82-49(33(74)25(42)66)89-40-15(7-56)80-47(31(72)23(40)64)87-38-13(5-54)78-45(85-36)29(70)21(38)62/h2,11-18,20-51,53-59,61-76H,1,3-10H2,(H,52,60)/t11-,12-,13-,14-,15-,16-,17-,18-,20-,21-,22-,23-,24-,25-,26-,27-,28-,29-,30-,31-,32-,33-,34-,35-,36-,37-,38-,39-,40-,41-,42-,43-,44-,45-,46-,47-,48-,49-,50-,51-/m1/s1. The van der Waals surface area contributed by atoms with Gasteiger partial charge in [0.1, 0.15) is 195 Å². The number of hydrogen-bond acceptors (Lipinski definition) is 40. The third-order valence-electron chi connectivity index (χ3n) is 17.4. The molecule has 92 heavy (non-hydrogen) atoms. The fourth-order valence-corrected chi connectivity index (χ4v) is 12.2. The van der Waals surface area contributed by atoms with Gasteiger partial charge < -0.3 is 199 Å². The molecule has 41 nitrogen and oxygen atoms in total. The first kappa shape index (κ1) is 73.9. The van der Waals surface area contributed by atoms with Gasteiger partial charge in [0.25, 0.3) is 0 Å². The molecule has 0 saturated carbocycles. The minimum Gasteiger partial charge on any atom is -0.394 e. The number of ether oxygens (including phenoxy) is 16. The lowest BCUT2D eigenvalue weighted by Gasteiger charge is -2.50. The molecule has 1 amide bonds. The van der Waals surface area contributed by atoms with E-state index in [1.54, 1.807) is 0 Å². The quantitative estimate of drug-likeness (QED) is 0.0903. The van der Waals surface area contributed by atoms with Crippen molar-refractivity contribution in [2.45, 2.75) is 246 Å². The minimum atomic E-state index is -2.28. The first-order valence-corrected chi connectivity index (χ1v) is 29.3. The van der Waals surface area contributed by atoms with Gasteiger partial charge in [-0.05, 0) is 6.08 Å². The van der Waals surface area contributed by atoms with E-state index in [0.717, 1.165) is 6.08 Å². The van der Waals surface area contributed by atoms with Crippen LogP contribution in [0.4, 0.5) is 0 Å². The highest BCUT2D eigenvalue weighted by molar-refractivity contribution is 5.86. The summed E-state index contributed by atoms with van der Waals surface area (Å²) in [6.45, 7) is -4.95. The number of hydrogen-bond donors (Lipinski definition) is 24. The lowest BCUT2D eigenvalue weighted by atomic mass is 9.94. The van der Waals surface area contributed by atoms with Crippen molar-refractivity contribution >= 4 is 5.91 Å². The van der Waals surface area contributed by atoms with Crippen molar-refractivity contribution in [3.63, 3.8) is 0 Å². The second kappa shape index (κ2) is 31.7. The number of rotatable bonds is 10. The summed E-state index contributed by atoms with van der Waals surface area (Å²) < 4.78 is 91.9. The van der Waals surface area contributed by atoms with Crippen LogP contribution in [0, 0.1) is 0 Å². The van der Waals surface area contributed by atoms with Gasteiger partial charge in [0, 0.05) is 6.54 Å². The highest BCUT2D eigenvalue weighted by Gasteiger charge is 2.60. The van der Waals surface area contributed by atoms with Crippen LogP contribution in [0.2, 0.25) is 0 Å². The topological polar surface area (TPSA) is 642 Å². The van der Waals surface area contributed by atoms with Crippen LogP contribution in [0.3, 0.4) is 0 Å². The van der Waals surface area contributed by atoms with E-state index in [1.807, 2.05) is 0 Å². The third kappa shape index (κ3) is 14.8. The van der Waals surface area contributed by atoms with E-state index in [9.17, 15) is 122 Å². The van der Waals surface area contributed by atoms with Crippen LogP contribution < -0.4 is 5.32 Å². The van der Waals surface area contributed by atoms with Crippen molar-refractivity contribution in [2.24, 2.45) is 0 Å². The minimum absolute atomic E-state index is 0.659. The molecule has 30 rings (SSSR count). The number of aliphatic hydroxyl groups is 23. The maximum absolute atomic E-state index is 12.4. The first-order chi connectivity index (χ1) is 43.8. The Hall–Kier alpha value is -2.35. The van der Waals surface area contributed by atoms with Crippen molar-refractivity contribution < 1.29 is 198 Å². The molecule has 30 aliphatic rings. The largest absolute Gasteiger partial charge is 0.394 e. The molecule has 24 N–H and O–H groups in total. The van der Waals surface area contributed by atoms with Gasteiger partial charge in [-0.3, -0.25) is 4.79 Å². The smallest absolute Gasteiger partial charge is 0.243 e. The lowest BCUT2D eigenvalue weighted by molar-refractivity contribution is -0.403. The molecular weight excluding hydrogens is 1270 g/mol. The Labute approximate surface area is 519 Å². The summed E-state index contributed by atoms with van der Waals surface area (Å²) in [6.07, 6.45) is -81.7. The van der Waals surface area contributed by atoms with E-state index >= 15 is 0 Å². The van der Waals surface area contributed by atoms with Crippen LogP contribution in [0.1, 0.15) is 0 Å². The summed E-state index contributed by atoms with van der Waals surface area (Å²) in [7, 11) is 0. The predicted molar refractivity (Wildman–Crippen MR) is 277 cm³/mol. The zero-order valence-electron chi connectivity index (χ0n) is 48.3. The lowest BCUT2D eigenvalue weighted by Crippen LogP contribution is -2.69. The first-order valence-electron chi connectivity index (χ1n) is 29.3. The molecule has 0 radical (unpaired) electrons. The molecule has 30 heterocycles. The fraction of sp³-hybridized carbons (Fsp3) is 0.941. The Morgan fingerprint density at radius 1 is 0.250 bits per heavy atom. The SMILES string of the molecule is C=CC(=O)NC[C@H]1O[C@@H]2O[C@H]3[C@H](O)[C@@H](O)[C@@H](O[C@H]4[C@H](O)[C@@H](O)[C@@H](O[C@H]5[C@H](O)[C@@H](O)[C@@H](O[C@H]6[C@H](O)[C@@H](O)[C@@H](O[C@H]7[C@H](O)[C@@H](O)[C@@H](O[C@H]8[C@H](O)[C@@H](O)[C@@H](O[C@H]9[C@H](O)[C@@H](O)[C@@H](O[C@H]1[C@H](O)[C@H]2O)O[C@@H]9CO)O[C@@H]8CO)O[C@@H]7CO)O[C@@H]6CO)O[C@@H]5CO)O[C@@H]4CO)O[C@@H]3CO. The van der Waals surface area contributed by atoms with Gasteiger partial charge in [0.05, 0.1) is 46.2 Å². The van der Waals surface area contributed by atoms with Crippen LogP contribution in [-0.4, -0.2) is 422 Å². The monoisotopic (exact) mass is 1350 g/mol. The van der Waals surface area contributed by atoms with Crippen LogP contribution in [0.5, 0.6) is 0 Å². The molecule has 30 aliphatic heterocycles. The molecule has 0 spiro atoms. The molecule has 0 aromatic rings. The van der Waals surface area contributed by atoms with Crippen LogP contribution in [0.25, 0.3) is 0 Å². The number of carbonyl (C=O) groups excluding carboxylic acids is 1. The van der Waals surface area contributed by atoms with Gasteiger partial charge in [-0.25, -0.2) is 0 Å². The maximum Gasteiger partial charge on any atom is 0.243 e. The second-order valence-corrected chi connectivity index (χ2v) is 23.2. The Balaban J connectivity index is 0.992. The molecule has 30 fully saturated rings. The number of nitrogens with one attached hydrogen (secondary N) is 1. The van der Waals surface area contributed by atoms with E-state index in [1.165, 1.54) is 0 Å². The summed E-state index contributed by atoms with van der Waals surface area (Å²) in [5.74, 6) is -0.840. The van der Waals surface area contributed by atoms with E-state index in [4.69, 9.17) is 75.8 Å². The van der Waals surface area contributed by atoms with E-state index in [-0.39, 0.29) is 0 Å². The van der Waals surface area contributed by atoms with Crippen molar-refractivity contribution in [2.75, 3.05) is 52.8 Å². The van der Waals surface area contributed by atoms with Crippen molar-refractivity contribution in [1.29, 1.82) is 0 Å². The molecule has 41 heteroatoms. The van der Waals surface area contributed by atoms with Crippen LogP contribution in [0.15, 0.2) is 12.7 Å². The summed E-state index contributed by atoms with van der Waals surface area (Å²) >= 11 is 0. The van der Waals surface area contributed by atoms with Gasteiger partial charge in [0.15, 0.2) is 50.3 Å². The molecule has 0 aromatic heterocycles. The Kier molecular flexibility index (Phi) is 25.4. The van der Waals surface area contributed by atoms with Gasteiger partial charge in [-0.1, -0.05) is 6.58 Å². The average Bonchev–Trinajstić information content (AvgIpc) is 0.793. The summed E-state index contributed by atoms with van der Waals surface area (Å²) in [6, 6.07) is 0. The van der Waals surface area contributed by atoms with Crippen LogP contribution in [-0.2, 0) is 80.6 Å². The van der Waals surface area contributed by atoms with E-state index in [2.05, 4.69) is 11.9 Å². The summed E-state index contributed by atoms with van der Waals surface area (Å²) in [5.41, 5.74) is 0. The number of carbonyl (C=O) groups is 1. The van der Waals surface area contributed by atoms with Gasteiger partial charge >= 0.3 is 0 Å². The molecule has 0 unspecified atom stereocenters. The van der Waals surface area contributed by atoms with E-state index < -0.39 is 304 Å². The maximum atomic E-state index is 12.4. The van der Waals surface area contributed by atoms with Crippen molar-refractivity contribution in [3.8, 4) is 0 Å². The van der Waals surface area contributed by atoms with Crippen molar-refractivity contribution in [3.05, 3.63) is 12.7 Å². The normalized spacial score (nSPS) is 53.3. The molecule has 0 aromatic carbocycles. The highest BCUT2D eigenvalue weighted by atomic mass is 16.8. The summed E-state index contributed by atoms with van der Waals surface area (Å²) in [5, 5.41) is 259. The summed E-state index contributed by atoms with van der Waals surface area (Å²) in [4.78, 5) is 12.4. The van der Waals surface area contributed by atoms with Crippen LogP contribution >= 0.6 is 0 Å². The Bertz CT molecular complexity index is 2310. The Morgan fingerprint density at radius 2 is 0.391 bits per heavy atom. The molecule has 16 bridgehead atoms. The van der Waals surface area contributed by atoms with E-state index in [0.29, 0.717) is 0 Å². The van der Waals surface area contributed by atoms with Crippen molar-refractivity contribution in [1.82, 2.24) is 5.32 Å². The highest BCUT2D eigenvalue weighted by Crippen LogP contribution is 2.40.